The average Bonchev–Trinajstić information content (AvgIpc) is 2.53. The van der Waals surface area contributed by atoms with Crippen molar-refractivity contribution in [3.05, 3.63) is 0 Å². The van der Waals surface area contributed by atoms with E-state index in [0.29, 0.717) is 18.5 Å². The van der Waals surface area contributed by atoms with Gasteiger partial charge >= 0.3 is 5.97 Å². The van der Waals surface area contributed by atoms with Gasteiger partial charge in [0, 0.05) is 12.1 Å². The van der Waals surface area contributed by atoms with E-state index in [2.05, 4.69) is 11.9 Å². The summed E-state index contributed by atoms with van der Waals surface area (Å²) in [4.78, 5) is 14.2. The Morgan fingerprint density at radius 2 is 1.94 bits per heavy atom. The maximum atomic E-state index is 11.8. The number of hydrogen-bond acceptors (Lipinski definition) is 4. The van der Waals surface area contributed by atoms with Crippen LogP contribution in [0, 0.1) is 0 Å². The lowest BCUT2D eigenvalue weighted by molar-refractivity contribution is -0.172. The van der Waals surface area contributed by atoms with Crippen molar-refractivity contribution in [2.24, 2.45) is 0 Å². The van der Waals surface area contributed by atoms with Crippen LogP contribution < -0.4 is 0 Å². The minimum atomic E-state index is -1.33. The van der Waals surface area contributed by atoms with Crippen LogP contribution in [-0.4, -0.2) is 46.8 Å². The van der Waals surface area contributed by atoms with E-state index >= 15 is 0 Å². The monoisotopic (exact) mass is 241 g/mol. The average molecular weight is 241 g/mol. The largest absolute Gasteiger partial charge is 0.460 e. The smallest absolute Gasteiger partial charge is 0.338 e. The van der Waals surface area contributed by atoms with E-state index in [1.807, 2.05) is 0 Å². The molecule has 2 aliphatic rings. The summed E-state index contributed by atoms with van der Waals surface area (Å²) < 4.78 is 5.46. The van der Waals surface area contributed by atoms with Crippen molar-refractivity contribution in [1.29, 1.82) is 0 Å². The molecule has 2 heterocycles. The Hall–Kier alpha value is -0.610. The van der Waals surface area contributed by atoms with E-state index in [4.69, 9.17) is 4.74 Å². The number of nitrogens with zero attached hydrogens (tertiary/aromatic N) is 1. The summed E-state index contributed by atoms with van der Waals surface area (Å²) >= 11 is 0. The van der Waals surface area contributed by atoms with Gasteiger partial charge in [-0.05, 0) is 46.1 Å². The molecule has 0 spiro atoms. The number of piperidine rings is 1. The Bertz CT molecular complexity index is 289. The van der Waals surface area contributed by atoms with Crippen LogP contribution in [-0.2, 0) is 9.53 Å². The molecule has 2 rings (SSSR count). The van der Waals surface area contributed by atoms with E-state index in [0.717, 1.165) is 12.8 Å². The van der Waals surface area contributed by atoms with Gasteiger partial charge < -0.3 is 14.7 Å². The predicted molar refractivity (Wildman–Crippen MR) is 64.6 cm³/mol. The van der Waals surface area contributed by atoms with E-state index in [1.54, 1.807) is 6.92 Å². The quantitative estimate of drug-likeness (QED) is 0.757. The topological polar surface area (TPSA) is 49.8 Å². The molecule has 1 N–H and O–H groups in total. The highest BCUT2D eigenvalue weighted by Crippen LogP contribution is 2.35. The van der Waals surface area contributed by atoms with Gasteiger partial charge in [-0.3, -0.25) is 0 Å². The fraction of sp³-hybridized carbons (Fsp3) is 0.923. The molecule has 2 aliphatic heterocycles. The zero-order chi connectivity index (χ0) is 12.6. The molecule has 4 heteroatoms. The minimum absolute atomic E-state index is 0.00535. The van der Waals surface area contributed by atoms with Gasteiger partial charge in [0.2, 0.25) is 0 Å². The van der Waals surface area contributed by atoms with Gasteiger partial charge in [0.05, 0.1) is 0 Å². The molecule has 2 bridgehead atoms. The molecule has 4 atom stereocenters. The summed E-state index contributed by atoms with van der Waals surface area (Å²) in [6.07, 6.45) is 4.63. The third kappa shape index (κ3) is 2.47. The molecule has 2 fully saturated rings. The standard InChI is InChI=1S/C13H23NO3/c1-4-13(2,16)12(15)17-11-7-9-5-6-10(8-11)14(9)3/h9-11,16H,4-8H2,1-3H3/t9-,10+,11?,13?. The fourth-order valence-electron chi connectivity index (χ4n) is 2.88. The summed E-state index contributed by atoms with van der Waals surface area (Å²) in [6.45, 7) is 3.32. The van der Waals surface area contributed by atoms with Gasteiger partial charge in [-0.2, -0.15) is 0 Å². The molecule has 0 aromatic heterocycles. The Morgan fingerprint density at radius 1 is 1.41 bits per heavy atom. The maximum absolute atomic E-state index is 11.8. The Morgan fingerprint density at radius 3 is 2.41 bits per heavy atom. The third-order valence-electron chi connectivity index (χ3n) is 4.46. The molecule has 4 nitrogen and oxygen atoms in total. The highest BCUT2D eigenvalue weighted by Gasteiger charge is 2.41. The van der Waals surface area contributed by atoms with E-state index in [1.165, 1.54) is 19.8 Å². The molecule has 0 aromatic rings. The number of ether oxygens (including phenoxy) is 1. The maximum Gasteiger partial charge on any atom is 0.338 e. The first-order valence-corrected chi connectivity index (χ1v) is 6.59. The molecule has 0 radical (unpaired) electrons. The summed E-state index contributed by atoms with van der Waals surface area (Å²) in [5, 5.41) is 9.84. The molecule has 2 unspecified atom stereocenters. The minimum Gasteiger partial charge on any atom is -0.460 e. The van der Waals surface area contributed by atoms with Crippen molar-refractivity contribution in [3.63, 3.8) is 0 Å². The van der Waals surface area contributed by atoms with Crippen LogP contribution in [0.5, 0.6) is 0 Å². The highest BCUT2D eigenvalue weighted by atomic mass is 16.6. The van der Waals surface area contributed by atoms with Crippen molar-refractivity contribution in [2.75, 3.05) is 7.05 Å². The zero-order valence-electron chi connectivity index (χ0n) is 11.0. The predicted octanol–water partition coefficient (Wildman–Crippen LogP) is 1.32. The number of carbonyl (C=O) groups excluding carboxylic acids is 1. The Kier molecular flexibility index (Phi) is 3.46. The van der Waals surface area contributed by atoms with Crippen molar-refractivity contribution < 1.29 is 14.6 Å². The van der Waals surface area contributed by atoms with Crippen molar-refractivity contribution in [3.8, 4) is 0 Å². The second-order valence-electron chi connectivity index (χ2n) is 5.68. The van der Waals surface area contributed by atoms with Gasteiger partial charge in [-0.25, -0.2) is 4.79 Å². The van der Waals surface area contributed by atoms with Crippen LogP contribution in [0.2, 0.25) is 0 Å². The SMILES string of the molecule is CCC(C)(O)C(=O)OC1C[C@H]2CC[C@@H](C1)N2C. The molecule has 0 aliphatic carbocycles. The first-order valence-electron chi connectivity index (χ1n) is 6.59. The van der Waals surface area contributed by atoms with E-state index in [-0.39, 0.29) is 6.10 Å². The zero-order valence-corrected chi connectivity index (χ0v) is 11.0. The molecule has 2 saturated heterocycles. The molecule has 0 amide bonds. The first kappa shape index (κ1) is 12.8. The van der Waals surface area contributed by atoms with E-state index < -0.39 is 11.6 Å². The van der Waals surface area contributed by atoms with Gasteiger partial charge in [0.25, 0.3) is 0 Å². The van der Waals surface area contributed by atoms with Gasteiger partial charge in [0.1, 0.15) is 6.10 Å². The summed E-state index contributed by atoms with van der Waals surface area (Å²) in [5.41, 5.74) is -1.33. The van der Waals surface area contributed by atoms with Crippen LogP contribution in [0.3, 0.4) is 0 Å². The van der Waals surface area contributed by atoms with Gasteiger partial charge in [0.15, 0.2) is 5.60 Å². The van der Waals surface area contributed by atoms with Crippen molar-refractivity contribution in [1.82, 2.24) is 4.90 Å². The Balaban J connectivity index is 1.92. The second kappa shape index (κ2) is 4.58. The number of hydrogen-bond donors (Lipinski definition) is 1. The summed E-state index contributed by atoms with van der Waals surface area (Å²) in [7, 11) is 2.16. The first-order chi connectivity index (χ1) is 7.94. The van der Waals surface area contributed by atoms with Crippen LogP contribution in [0.4, 0.5) is 0 Å². The number of fused-ring (bicyclic) bond motifs is 2. The molecule has 0 aromatic carbocycles. The molecule has 17 heavy (non-hydrogen) atoms. The van der Waals surface area contributed by atoms with Crippen LogP contribution in [0.15, 0.2) is 0 Å². The van der Waals surface area contributed by atoms with E-state index in [9.17, 15) is 9.90 Å². The number of rotatable bonds is 3. The molecular weight excluding hydrogens is 218 g/mol. The summed E-state index contributed by atoms with van der Waals surface area (Å²) in [5.74, 6) is -0.464. The molecular formula is C13H23NO3. The highest BCUT2D eigenvalue weighted by molar-refractivity contribution is 5.78. The molecule has 0 saturated carbocycles. The van der Waals surface area contributed by atoms with Crippen molar-refractivity contribution in [2.45, 2.75) is 69.7 Å². The van der Waals surface area contributed by atoms with Gasteiger partial charge in [-0.1, -0.05) is 6.92 Å². The van der Waals surface area contributed by atoms with Crippen LogP contribution in [0.25, 0.3) is 0 Å². The fourth-order valence-corrected chi connectivity index (χ4v) is 2.88. The third-order valence-corrected chi connectivity index (χ3v) is 4.46. The van der Waals surface area contributed by atoms with Crippen LogP contribution in [0.1, 0.15) is 46.0 Å². The number of aliphatic hydroxyl groups is 1. The second-order valence-corrected chi connectivity index (χ2v) is 5.68. The Labute approximate surface area is 103 Å². The molecule has 98 valence electrons. The lowest BCUT2D eigenvalue weighted by Gasteiger charge is -2.36. The van der Waals surface area contributed by atoms with Gasteiger partial charge in [-0.15, -0.1) is 0 Å². The lowest BCUT2D eigenvalue weighted by Crippen LogP contribution is -2.46. The lowest BCUT2D eigenvalue weighted by atomic mass is 9.99. The van der Waals surface area contributed by atoms with Crippen LogP contribution >= 0.6 is 0 Å². The van der Waals surface area contributed by atoms with Crippen molar-refractivity contribution >= 4 is 5.97 Å². The normalized spacial score (nSPS) is 36.6. The number of esters is 1. The number of carbonyl (C=O) groups is 1. The summed E-state index contributed by atoms with van der Waals surface area (Å²) in [6, 6.07) is 1.11.